The Balaban J connectivity index is 2.47. The van der Waals surface area contributed by atoms with Crippen molar-refractivity contribution in [1.29, 1.82) is 0 Å². The maximum absolute atomic E-state index is 13.8. The highest BCUT2D eigenvalue weighted by molar-refractivity contribution is 5.59. The SMILES string of the molecule is CC(C)[C@@H](CO)Nc1nc(Nc2c(F)ccc(F)c2F)cc(C(F)(F)F)n1. The van der Waals surface area contributed by atoms with Crippen molar-refractivity contribution in [2.75, 3.05) is 17.2 Å². The van der Waals surface area contributed by atoms with Gasteiger partial charge in [0.15, 0.2) is 17.3 Å². The Labute approximate surface area is 150 Å². The number of benzene rings is 1. The van der Waals surface area contributed by atoms with E-state index >= 15 is 0 Å². The minimum absolute atomic E-state index is 0.178. The molecule has 27 heavy (non-hydrogen) atoms. The zero-order valence-electron chi connectivity index (χ0n) is 14.2. The van der Waals surface area contributed by atoms with Crippen molar-refractivity contribution in [2.24, 2.45) is 5.92 Å². The van der Waals surface area contributed by atoms with E-state index < -0.39 is 59.4 Å². The summed E-state index contributed by atoms with van der Waals surface area (Å²) >= 11 is 0. The Hall–Kier alpha value is -2.56. The van der Waals surface area contributed by atoms with Crippen LogP contribution in [0, 0.1) is 23.4 Å². The molecule has 0 aliphatic carbocycles. The molecule has 0 fully saturated rings. The number of aromatic nitrogens is 2. The van der Waals surface area contributed by atoms with E-state index in [1.165, 1.54) is 0 Å². The Morgan fingerprint density at radius 3 is 2.26 bits per heavy atom. The van der Waals surface area contributed by atoms with Crippen molar-refractivity contribution < 1.29 is 31.4 Å². The van der Waals surface area contributed by atoms with E-state index in [1.807, 2.05) is 5.32 Å². The molecule has 0 aliphatic rings. The zero-order valence-corrected chi connectivity index (χ0v) is 14.2. The second-order valence-electron chi connectivity index (χ2n) is 5.98. The van der Waals surface area contributed by atoms with Gasteiger partial charge in [-0.2, -0.15) is 18.2 Å². The fourth-order valence-corrected chi connectivity index (χ4v) is 2.08. The lowest BCUT2D eigenvalue weighted by atomic mass is 10.1. The summed E-state index contributed by atoms with van der Waals surface area (Å²) in [4.78, 5) is 7.04. The van der Waals surface area contributed by atoms with Gasteiger partial charge in [0.1, 0.15) is 17.3 Å². The van der Waals surface area contributed by atoms with Gasteiger partial charge in [-0.15, -0.1) is 0 Å². The maximum atomic E-state index is 13.8. The molecule has 0 spiro atoms. The van der Waals surface area contributed by atoms with Crippen LogP contribution in [0.1, 0.15) is 19.5 Å². The third kappa shape index (κ3) is 5.00. The van der Waals surface area contributed by atoms with E-state index in [0.29, 0.717) is 18.2 Å². The van der Waals surface area contributed by atoms with E-state index in [9.17, 15) is 31.4 Å². The number of alkyl halides is 3. The standard InChI is InChI=1S/C16H16F6N4O/c1-7(2)10(6-27)23-15-24-11(16(20,21)22)5-12(26-15)25-14-9(18)4-3-8(17)13(14)19/h3-5,7,10,27H,6H2,1-2H3,(H2,23,24,25,26)/t10-/m1/s1. The summed E-state index contributed by atoms with van der Waals surface area (Å²) in [5.74, 6) is -5.51. The van der Waals surface area contributed by atoms with Gasteiger partial charge in [-0.25, -0.2) is 18.2 Å². The van der Waals surface area contributed by atoms with Crippen molar-refractivity contribution >= 4 is 17.5 Å². The Morgan fingerprint density at radius 2 is 1.70 bits per heavy atom. The Bertz CT molecular complexity index is 812. The first-order valence-corrected chi connectivity index (χ1v) is 7.77. The smallest absolute Gasteiger partial charge is 0.394 e. The number of rotatable bonds is 6. The lowest BCUT2D eigenvalue weighted by Gasteiger charge is -2.21. The van der Waals surface area contributed by atoms with Crippen molar-refractivity contribution in [3.63, 3.8) is 0 Å². The topological polar surface area (TPSA) is 70.1 Å². The van der Waals surface area contributed by atoms with Gasteiger partial charge in [-0.3, -0.25) is 0 Å². The highest BCUT2D eigenvalue weighted by Crippen LogP contribution is 2.32. The molecule has 1 aromatic carbocycles. The van der Waals surface area contributed by atoms with E-state index in [1.54, 1.807) is 13.8 Å². The molecule has 1 heterocycles. The average molecular weight is 394 g/mol. The number of halogens is 6. The number of nitrogens with zero attached hydrogens (tertiary/aromatic N) is 2. The van der Waals surface area contributed by atoms with Crippen molar-refractivity contribution in [3.05, 3.63) is 41.3 Å². The molecule has 0 saturated heterocycles. The molecule has 0 saturated carbocycles. The molecule has 0 aliphatic heterocycles. The normalized spacial score (nSPS) is 13.0. The quantitative estimate of drug-likeness (QED) is 0.509. The van der Waals surface area contributed by atoms with Crippen LogP contribution < -0.4 is 10.6 Å². The zero-order chi connectivity index (χ0) is 20.4. The summed E-state index contributed by atoms with van der Waals surface area (Å²) in [5, 5.41) is 13.8. The van der Waals surface area contributed by atoms with Crippen LogP contribution >= 0.6 is 0 Å². The molecule has 3 N–H and O–H groups in total. The molecule has 0 unspecified atom stereocenters. The summed E-state index contributed by atoms with van der Waals surface area (Å²) < 4.78 is 80.0. The first-order valence-electron chi connectivity index (χ1n) is 7.77. The van der Waals surface area contributed by atoms with Crippen molar-refractivity contribution in [3.8, 4) is 0 Å². The summed E-state index contributed by atoms with van der Waals surface area (Å²) in [6.07, 6.45) is -4.87. The van der Waals surface area contributed by atoms with Crippen molar-refractivity contribution in [1.82, 2.24) is 9.97 Å². The number of hydrogen-bond acceptors (Lipinski definition) is 5. The second-order valence-corrected chi connectivity index (χ2v) is 5.98. The molecular formula is C16H16F6N4O. The Morgan fingerprint density at radius 1 is 1.07 bits per heavy atom. The highest BCUT2D eigenvalue weighted by atomic mass is 19.4. The van der Waals surface area contributed by atoms with Gasteiger partial charge in [0.2, 0.25) is 5.95 Å². The lowest BCUT2D eigenvalue weighted by molar-refractivity contribution is -0.141. The minimum Gasteiger partial charge on any atom is -0.394 e. The van der Waals surface area contributed by atoms with E-state index in [0.717, 1.165) is 0 Å². The molecule has 148 valence electrons. The van der Waals surface area contributed by atoms with Gasteiger partial charge in [-0.05, 0) is 18.1 Å². The average Bonchev–Trinajstić information content (AvgIpc) is 2.58. The van der Waals surface area contributed by atoms with E-state index in [-0.39, 0.29) is 5.92 Å². The second kappa shape index (κ2) is 7.99. The van der Waals surface area contributed by atoms with Gasteiger partial charge in [0, 0.05) is 6.07 Å². The molecule has 1 atom stereocenters. The van der Waals surface area contributed by atoms with Crippen LogP contribution in [0.5, 0.6) is 0 Å². The highest BCUT2D eigenvalue weighted by Gasteiger charge is 2.34. The van der Waals surface area contributed by atoms with Gasteiger partial charge in [0.25, 0.3) is 0 Å². The molecule has 5 nitrogen and oxygen atoms in total. The van der Waals surface area contributed by atoms with Crippen LogP contribution in [0.2, 0.25) is 0 Å². The maximum Gasteiger partial charge on any atom is 0.433 e. The fraction of sp³-hybridized carbons (Fsp3) is 0.375. The first kappa shape index (κ1) is 20.7. The van der Waals surface area contributed by atoms with E-state index in [2.05, 4.69) is 15.3 Å². The van der Waals surface area contributed by atoms with E-state index in [4.69, 9.17) is 0 Å². The molecule has 0 bridgehead atoms. The third-order valence-corrected chi connectivity index (χ3v) is 3.63. The van der Waals surface area contributed by atoms with Crippen LogP contribution in [0.4, 0.5) is 43.8 Å². The summed E-state index contributed by atoms with van der Waals surface area (Å²) in [7, 11) is 0. The summed E-state index contributed by atoms with van der Waals surface area (Å²) in [6, 6.07) is 0.923. The van der Waals surface area contributed by atoms with Crippen LogP contribution in [-0.4, -0.2) is 27.7 Å². The largest absolute Gasteiger partial charge is 0.433 e. The van der Waals surface area contributed by atoms with Crippen LogP contribution in [0.3, 0.4) is 0 Å². The van der Waals surface area contributed by atoms with Gasteiger partial charge < -0.3 is 15.7 Å². The summed E-state index contributed by atoms with van der Waals surface area (Å²) in [5.41, 5.74) is -2.38. The van der Waals surface area contributed by atoms with Crippen molar-refractivity contribution in [2.45, 2.75) is 26.1 Å². The number of anilines is 3. The molecule has 0 amide bonds. The molecular weight excluding hydrogens is 378 g/mol. The number of aliphatic hydroxyl groups excluding tert-OH is 1. The predicted molar refractivity (Wildman–Crippen MR) is 86.0 cm³/mol. The molecule has 1 aromatic heterocycles. The summed E-state index contributed by atoms with van der Waals surface area (Å²) in [6.45, 7) is 3.00. The fourth-order valence-electron chi connectivity index (χ4n) is 2.08. The number of nitrogens with one attached hydrogen (secondary N) is 2. The third-order valence-electron chi connectivity index (χ3n) is 3.63. The van der Waals surface area contributed by atoms with Crippen LogP contribution in [-0.2, 0) is 6.18 Å². The minimum atomic E-state index is -4.87. The molecule has 2 rings (SSSR count). The monoisotopic (exact) mass is 394 g/mol. The molecule has 11 heteroatoms. The number of hydrogen-bond donors (Lipinski definition) is 3. The van der Waals surface area contributed by atoms with Crippen LogP contribution in [0.25, 0.3) is 0 Å². The van der Waals surface area contributed by atoms with Crippen LogP contribution in [0.15, 0.2) is 18.2 Å². The van der Waals surface area contributed by atoms with Gasteiger partial charge >= 0.3 is 6.18 Å². The Kier molecular flexibility index (Phi) is 6.14. The lowest BCUT2D eigenvalue weighted by Crippen LogP contribution is -2.30. The molecule has 0 radical (unpaired) electrons. The van der Waals surface area contributed by atoms with Gasteiger partial charge in [0.05, 0.1) is 12.6 Å². The first-order chi connectivity index (χ1) is 12.5. The number of aliphatic hydroxyl groups is 1. The predicted octanol–water partition coefficient (Wildman–Crippen LogP) is 4.09. The van der Waals surface area contributed by atoms with Gasteiger partial charge in [-0.1, -0.05) is 13.8 Å². The molecule has 2 aromatic rings.